The maximum Gasteiger partial charge on any atom is 0.255 e. The topological polar surface area (TPSA) is 90.0 Å². The number of carbonyl (C=O) groups excluding carboxylic acids is 4. The number of hydrogen-bond donors (Lipinski definition) is 1. The van der Waals surface area contributed by atoms with E-state index in [1.165, 1.54) is 23.1 Å². The minimum absolute atomic E-state index is 0.0548. The first-order valence-corrected chi connectivity index (χ1v) is 14.8. The lowest BCUT2D eigenvalue weighted by Gasteiger charge is -2.56. The van der Waals surface area contributed by atoms with Crippen LogP contribution in [-0.4, -0.2) is 69.5 Å². The van der Waals surface area contributed by atoms with Crippen LogP contribution in [0.3, 0.4) is 0 Å². The molecular weight excluding hydrogens is 542 g/mol. The molecular formula is C32H32F2N4O4. The number of benzene rings is 2. The van der Waals surface area contributed by atoms with Crippen LogP contribution in [0.15, 0.2) is 42.0 Å². The van der Waals surface area contributed by atoms with E-state index in [9.17, 15) is 23.6 Å². The summed E-state index contributed by atoms with van der Waals surface area (Å²) in [5.41, 5.74) is 4.19. The zero-order chi connectivity index (χ0) is 29.1. The molecule has 0 aromatic heterocycles. The molecule has 2 aromatic carbocycles. The molecule has 4 saturated heterocycles. The number of piperidine rings is 2. The van der Waals surface area contributed by atoms with Crippen molar-refractivity contribution in [2.45, 2.75) is 76.2 Å². The van der Waals surface area contributed by atoms with Crippen molar-refractivity contribution in [2.24, 2.45) is 0 Å². The summed E-state index contributed by atoms with van der Waals surface area (Å²) in [4.78, 5) is 56.2. The number of piperazine rings is 1. The Morgan fingerprint density at radius 1 is 0.952 bits per heavy atom. The Labute approximate surface area is 242 Å². The number of halogens is 2. The smallest absolute Gasteiger partial charge is 0.255 e. The summed E-state index contributed by atoms with van der Waals surface area (Å²) in [6.07, 6.45) is 4.86. The van der Waals surface area contributed by atoms with Crippen LogP contribution in [0, 0.1) is 11.6 Å². The Morgan fingerprint density at radius 3 is 2.43 bits per heavy atom. The van der Waals surface area contributed by atoms with Gasteiger partial charge in [0.05, 0.1) is 0 Å². The number of nitrogens with zero attached hydrogens (tertiary/aromatic N) is 3. The first-order valence-electron chi connectivity index (χ1n) is 14.8. The van der Waals surface area contributed by atoms with Crippen LogP contribution in [-0.2, 0) is 27.5 Å². The quantitative estimate of drug-likeness (QED) is 0.552. The van der Waals surface area contributed by atoms with E-state index in [1.54, 1.807) is 18.2 Å². The van der Waals surface area contributed by atoms with Gasteiger partial charge in [0.2, 0.25) is 17.7 Å². The largest absolute Gasteiger partial charge is 0.336 e. The van der Waals surface area contributed by atoms with Gasteiger partial charge in [-0.05, 0) is 79.5 Å². The van der Waals surface area contributed by atoms with Crippen LogP contribution in [0.5, 0.6) is 0 Å². The van der Waals surface area contributed by atoms with Gasteiger partial charge in [-0.15, -0.1) is 0 Å². The molecule has 42 heavy (non-hydrogen) atoms. The van der Waals surface area contributed by atoms with E-state index < -0.39 is 23.7 Å². The molecule has 8 rings (SSSR count). The Kier molecular flexibility index (Phi) is 6.68. The summed E-state index contributed by atoms with van der Waals surface area (Å²) in [6.45, 7) is 1.73. The van der Waals surface area contributed by atoms with Gasteiger partial charge in [0.15, 0.2) is 0 Å². The average Bonchev–Trinajstić information content (AvgIpc) is 3.30. The molecule has 4 amide bonds. The molecule has 2 bridgehead atoms. The summed E-state index contributed by atoms with van der Waals surface area (Å²) in [5, 5.41) is 2.29. The predicted molar refractivity (Wildman–Crippen MR) is 149 cm³/mol. The fourth-order valence-corrected chi connectivity index (χ4v) is 7.37. The number of carbonyl (C=O) groups is 4. The van der Waals surface area contributed by atoms with Gasteiger partial charge in [-0.3, -0.25) is 29.4 Å². The molecule has 1 aliphatic carbocycles. The normalized spacial score (nSPS) is 25.9. The van der Waals surface area contributed by atoms with E-state index in [4.69, 9.17) is 0 Å². The van der Waals surface area contributed by atoms with E-state index in [0.717, 1.165) is 48.8 Å². The van der Waals surface area contributed by atoms with Gasteiger partial charge in [-0.1, -0.05) is 12.1 Å². The second kappa shape index (κ2) is 10.4. The molecule has 0 radical (unpaired) electrons. The standard InChI is InChI=1S/C32H32F2N4O4/c33-21-7-5-18(6-8-21)24-3-1-2-4-25(24)31(41)36-16-22-12-23(17-36)37(22)15-20-11-19-14-38(32(42)26(19)13-27(20)34)28-9-10-29(39)35-30(28)40/h5-8,11,13,22-23,28H,1-4,9-10,12,14-17H2,(H,35,39,40). The highest BCUT2D eigenvalue weighted by Gasteiger charge is 2.47. The Balaban J connectivity index is 1.04. The van der Waals surface area contributed by atoms with E-state index in [1.807, 2.05) is 4.90 Å². The molecule has 5 aliphatic heterocycles. The van der Waals surface area contributed by atoms with Crippen molar-refractivity contribution in [2.75, 3.05) is 13.1 Å². The third-order valence-electron chi connectivity index (χ3n) is 9.59. The molecule has 0 saturated carbocycles. The number of rotatable bonds is 5. The molecule has 10 heteroatoms. The Morgan fingerprint density at radius 2 is 1.69 bits per heavy atom. The number of fused-ring (bicyclic) bond motifs is 3. The van der Waals surface area contributed by atoms with Gasteiger partial charge in [0.25, 0.3) is 5.91 Å². The number of imide groups is 1. The van der Waals surface area contributed by atoms with Crippen LogP contribution in [0.1, 0.15) is 72.0 Å². The summed E-state index contributed by atoms with van der Waals surface area (Å²) in [5.74, 6) is -1.93. The van der Waals surface area contributed by atoms with Crippen molar-refractivity contribution in [1.29, 1.82) is 0 Å². The zero-order valence-corrected chi connectivity index (χ0v) is 23.2. The Bertz CT molecular complexity index is 1530. The van der Waals surface area contributed by atoms with Crippen molar-refractivity contribution >= 4 is 29.2 Å². The average molecular weight is 575 g/mol. The third-order valence-corrected chi connectivity index (χ3v) is 9.59. The first-order chi connectivity index (χ1) is 20.3. The minimum atomic E-state index is -0.741. The van der Waals surface area contributed by atoms with Gasteiger partial charge in [0, 0.05) is 61.4 Å². The van der Waals surface area contributed by atoms with E-state index >= 15 is 4.39 Å². The van der Waals surface area contributed by atoms with Gasteiger partial charge in [0.1, 0.15) is 17.7 Å². The van der Waals surface area contributed by atoms with Crippen molar-refractivity contribution in [3.8, 4) is 0 Å². The SMILES string of the molecule is O=C1CCC(N2Cc3cc(CN4C5CC4CN(C(=O)C4=C(c6ccc(F)cc6)CCCC4)C5)c(F)cc3C2=O)C(=O)N1. The van der Waals surface area contributed by atoms with Crippen LogP contribution >= 0.6 is 0 Å². The van der Waals surface area contributed by atoms with Crippen molar-refractivity contribution in [1.82, 2.24) is 20.0 Å². The van der Waals surface area contributed by atoms with E-state index in [2.05, 4.69) is 10.2 Å². The highest BCUT2D eigenvalue weighted by molar-refractivity contribution is 6.05. The highest BCUT2D eigenvalue weighted by Crippen LogP contribution is 2.39. The summed E-state index contributed by atoms with van der Waals surface area (Å²) >= 11 is 0. The minimum Gasteiger partial charge on any atom is -0.336 e. The molecule has 1 N–H and O–H groups in total. The van der Waals surface area contributed by atoms with Gasteiger partial charge < -0.3 is 9.80 Å². The zero-order valence-electron chi connectivity index (χ0n) is 23.2. The third kappa shape index (κ3) is 4.62. The number of amides is 4. The maximum absolute atomic E-state index is 15.3. The molecule has 5 heterocycles. The van der Waals surface area contributed by atoms with E-state index in [-0.39, 0.29) is 54.7 Å². The fourth-order valence-electron chi connectivity index (χ4n) is 7.37. The number of nitrogens with one attached hydrogen (secondary N) is 1. The lowest BCUT2D eigenvalue weighted by Crippen LogP contribution is -2.69. The van der Waals surface area contributed by atoms with Crippen molar-refractivity contribution in [3.05, 3.63) is 75.9 Å². The van der Waals surface area contributed by atoms with Crippen LogP contribution in [0.25, 0.3) is 5.57 Å². The lowest BCUT2D eigenvalue weighted by molar-refractivity contribution is -0.141. The van der Waals surface area contributed by atoms with Crippen molar-refractivity contribution in [3.63, 3.8) is 0 Å². The second-order valence-corrected chi connectivity index (χ2v) is 12.1. The molecule has 2 aromatic rings. The summed E-state index contributed by atoms with van der Waals surface area (Å²) in [7, 11) is 0. The van der Waals surface area contributed by atoms with Gasteiger partial charge in [-0.25, -0.2) is 8.78 Å². The van der Waals surface area contributed by atoms with E-state index in [0.29, 0.717) is 30.8 Å². The lowest BCUT2D eigenvalue weighted by atomic mass is 9.83. The molecule has 3 unspecified atom stereocenters. The van der Waals surface area contributed by atoms with Gasteiger partial charge >= 0.3 is 0 Å². The number of allylic oxidation sites excluding steroid dienone is 1. The summed E-state index contributed by atoms with van der Waals surface area (Å²) < 4.78 is 28.8. The fraction of sp³-hybridized carbons (Fsp3) is 0.438. The molecule has 6 aliphatic rings. The predicted octanol–water partition coefficient (Wildman–Crippen LogP) is 3.54. The number of hydrogen-bond acceptors (Lipinski definition) is 5. The maximum atomic E-state index is 15.3. The highest BCUT2D eigenvalue weighted by atomic mass is 19.1. The first kappa shape index (κ1) is 26.9. The monoisotopic (exact) mass is 574 g/mol. The van der Waals surface area contributed by atoms with Crippen LogP contribution in [0.2, 0.25) is 0 Å². The second-order valence-electron chi connectivity index (χ2n) is 12.1. The summed E-state index contributed by atoms with van der Waals surface area (Å²) in [6, 6.07) is 8.89. The van der Waals surface area contributed by atoms with Crippen LogP contribution < -0.4 is 5.32 Å². The van der Waals surface area contributed by atoms with Crippen LogP contribution in [0.4, 0.5) is 8.78 Å². The van der Waals surface area contributed by atoms with Gasteiger partial charge in [-0.2, -0.15) is 0 Å². The molecule has 0 spiro atoms. The molecule has 8 nitrogen and oxygen atoms in total. The van der Waals surface area contributed by atoms with Crippen molar-refractivity contribution < 1.29 is 28.0 Å². The Hall–Kier alpha value is -3.92. The molecule has 3 atom stereocenters. The molecule has 218 valence electrons. The molecule has 4 fully saturated rings.